The third-order valence-corrected chi connectivity index (χ3v) is 13.7. The van der Waals surface area contributed by atoms with E-state index in [-0.39, 0.29) is 5.41 Å². The summed E-state index contributed by atoms with van der Waals surface area (Å²) in [5.41, 5.74) is 14.5. The van der Waals surface area contributed by atoms with Gasteiger partial charge in [-0.2, -0.15) is 0 Å². The summed E-state index contributed by atoms with van der Waals surface area (Å²) in [4.78, 5) is 2.52. The lowest BCUT2D eigenvalue weighted by molar-refractivity contribution is 0.590. The minimum atomic E-state index is -0.532. The highest BCUT2D eigenvalue weighted by Crippen LogP contribution is 2.61. The van der Waals surface area contributed by atoms with Crippen LogP contribution in [0.5, 0.6) is 0 Å². The van der Waals surface area contributed by atoms with Gasteiger partial charge in [-0.1, -0.05) is 185 Å². The Kier molecular flexibility index (Phi) is 8.22. The number of hydrogen-bond acceptors (Lipinski definition) is 2. The predicted molar refractivity (Wildman–Crippen MR) is 253 cm³/mol. The van der Waals surface area contributed by atoms with E-state index in [2.05, 4.69) is 232 Å². The molecule has 10 aromatic rings. The summed E-state index contributed by atoms with van der Waals surface area (Å²) < 4.78 is 2.62. The second kappa shape index (κ2) is 13.7. The van der Waals surface area contributed by atoms with E-state index < -0.39 is 5.41 Å². The summed E-state index contributed by atoms with van der Waals surface area (Å²) >= 11 is 1.92. The third kappa shape index (κ3) is 5.58. The van der Waals surface area contributed by atoms with Gasteiger partial charge < -0.3 is 4.90 Å². The van der Waals surface area contributed by atoms with Gasteiger partial charge in [-0.3, -0.25) is 0 Å². The first kappa shape index (κ1) is 35.4. The Labute approximate surface area is 350 Å². The predicted octanol–water partition coefficient (Wildman–Crippen LogP) is 16.0. The van der Waals surface area contributed by atoms with Gasteiger partial charge in [-0.25, -0.2) is 0 Å². The van der Waals surface area contributed by atoms with Crippen molar-refractivity contribution in [3.63, 3.8) is 0 Å². The van der Waals surface area contributed by atoms with E-state index in [4.69, 9.17) is 0 Å². The second-order valence-electron chi connectivity index (χ2n) is 16.9. The van der Waals surface area contributed by atoms with E-state index in [1.54, 1.807) is 0 Å². The van der Waals surface area contributed by atoms with Crippen molar-refractivity contribution in [1.82, 2.24) is 0 Å². The van der Waals surface area contributed by atoms with Crippen LogP contribution in [-0.2, 0) is 10.8 Å². The minimum Gasteiger partial charge on any atom is -0.310 e. The molecular weight excluding hydrogens is 731 g/mol. The first-order chi connectivity index (χ1) is 28.9. The molecule has 1 aliphatic carbocycles. The van der Waals surface area contributed by atoms with Crippen LogP contribution in [0, 0.1) is 0 Å². The molecule has 0 N–H and O–H groups in total. The van der Waals surface area contributed by atoms with Crippen molar-refractivity contribution in [2.24, 2.45) is 0 Å². The number of benzene rings is 9. The highest BCUT2D eigenvalue weighted by atomic mass is 32.1. The van der Waals surface area contributed by atoms with Gasteiger partial charge in [0, 0.05) is 37.1 Å². The van der Waals surface area contributed by atoms with Gasteiger partial charge in [0.1, 0.15) is 0 Å². The van der Waals surface area contributed by atoms with Crippen LogP contribution < -0.4 is 4.90 Å². The Morgan fingerprint density at radius 2 is 1.05 bits per heavy atom. The summed E-state index contributed by atoms with van der Waals surface area (Å²) in [5.74, 6) is 0. The number of rotatable bonds is 6. The van der Waals surface area contributed by atoms with Crippen molar-refractivity contribution in [3.8, 4) is 22.3 Å². The van der Waals surface area contributed by atoms with Crippen molar-refractivity contribution < 1.29 is 0 Å². The molecule has 1 nitrogen and oxygen atoms in total. The van der Waals surface area contributed by atoms with Crippen LogP contribution in [0.2, 0.25) is 0 Å². The number of nitrogens with zero attached hydrogens (tertiary/aromatic N) is 1. The van der Waals surface area contributed by atoms with Crippen molar-refractivity contribution in [1.29, 1.82) is 0 Å². The van der Waals surface area contributed by atoms with Crippen LogP contribution >= 0.6 is 11.3 Å². The normalized spacial score (nSPS) is 13.1. The van der Waals surface area contributed by atoms with Gasteiger partial charge in [0.05, 0.1) is 11.1 Å². The van der Waals surface area contributed by atoms with Crippen molar-refractivity contribution in [3.05, 3.63) is 234 Å². The lowest BCUT2D eigenvalue weighted by atomic mass is 9.67. The molecule has 0 atom stereocenters. The number of anilines is 3. The van der Waals surface area contributed by atoms with Gasteiger partial charge >= 0.3 is 0 Å². The van der Waals surface area contributed by atoms with E-state index in [1.165, 1.54) is 86.7 Å². The number of thiophene rings is 1. The molecule has 0 aliphatic heterocycles. The molecule has 0 saturated carbocycles. The summed E-state index contributed by atoms with van der Waals surface area (Å²) in [5, 5.41) is 5.07. The van der Waals surface area contributed by atoms with Crippen molar-refractivity contribution in [2.45, 2.75) is 31.6 Å². The molecule has 0 radical (unpaired) electrons. The zero-order valence-electron chi connectivity index (χ0n) is 33.5. The fourth-order valence-electron chi connectivity index (χ4n) is 9.67. The molecule has 0 bridgehead atoms. The zero-order chi connectivity index (χ0) is 39.7. The summed E-state index contributed by atoms with van der Waals surface area (Å²) in [6.07, 6.45) is 0. The third-order valence-electron chi connectivity index (χ3n) is 12.5. The van der Waals surface area contributed by atoms with E-state index in [9.17, 15) is 0 Å². The molecule has 59 heavy (non-hydrogen) atoms. The maximum absolute atomic E-state index is 2.55. The molecule has 1 aliphatic rings. The molecule has 9 aromatic carbocycles. The highest BCUT2D eigenvalue weighted by molar-refractivity contribution is 7.26. The Hall–Kier alpha value is -6.74. The molecular formula is C57H43NS. The molecule has 1 heterocycles. The second-order valence-corrected chi connectivity index (χ2v) is 17.9. The highest BCUT2D eigenvalue weighted by Gasteiger charge is 2.47. The smallest absolute Gasteiger partial charge is 0.0714 e. The van der Waals surface area contributed by atoms with Gasteiger partial charge in [0.25, 0.3) is 0 Å². The lowest BCUT2D eigenvalue weighted by Gasteiger charge is -2.35. The van der Waals surface area contributed by atoms with Crippen LogP contribution in [-0.4, -0.2) is 0 Å². The van der Waals surface area contributed by atoms with E-state index in [0.717, 1.165) is 11.4 Å². The average Bonchev–Trinajstić information content (AvgIpc) is 3.81. The molecule has 0 spiro atoms. The Morgan fingerprint density at radius 1 is 0.475 bits per heavy atom. The Morgan fingerprint density at radius 3 is 1.75 bits per heavy atom. The SMILES string of the molecule is CC(C)(C)c1ccc(N(c2ccc(-c3ccc4ccccc4c3)cc2)c2cc3c(c4sc5ccccc5c24)-c2ccccc2C3(c2ccccc2)c2ccccc2)cc1. The van der Waals surface area contributed by atoms with Gasteiger partial charge in [-0.15, -0.1) is 11.3 Å². The van der Waals surface area contributed by atoms with Crippen LogP contribution in [0.15, 0.2) is 206 Å². The van der Waals surface area contributed by atoms with Gasteiger partial charge in [0.15, 0.2) is 0 Å². The van der Waals surface area contributed by atoms with Crippen molar-refractivity contribution >= 4 is 59.3 Å². The molecule has 0 unspecified atom stereocenters. The van der Waals surface area contributed by atoms with Gasteiger partial charge in [0.2, 0.25) is 0 Å². The molecule has 0 fully saturated rings. The van der Waals surface area contributed by atoms with Crippen molar-refractivity contribution in [2.75, 3.05) is 4.90 Å². The number of fused-ring (bicyclic) bond motifs is 8. The fraction of sp³-hybridized carbons (Fsp3) is 0.0877. The zero-order valence-corrected chi connectivity index (χ0v) is 34.3. The summed E-state index contributed by atoms with van der Waals surface area (Å²) in [6, 6.07) is 76.9. The summed E-state index contributed by atoms with van der Waals surface area (Å²) in [7, 11) is 0. The molecule has 282 valence electrons. The van der Waals surface area contributed by atoms with Crippen LogP contribution in [0.3, 0.4) is 0 Å². The quantitative estimate of drug-likeness (QED) is 0.163. The summed E-state index contributed by atoms with van der Waals surface area (Å²) in [6.45, 7) is 6.87. The number of hydrogen-bond donors (Lipinski definition) is 0. The van der Waals surface area contributed by atoms with Crippen LogP contribution in [0.25, 0.3) is 53.2 Å². The van der Waals surface area contributed by atoms with E-state index in [0.29, 0.717) is 0 Å². The Balaban J connectivity index is 1.23. The largest absolute Gasteiger partial charge is 0.310 e. The van der Waals surface area contributed by atoms with Crippen LogP contribution in [0.4, 0.5) is 17.1 Å². The monoisotopic (exact) mass is 773 g/mol. The van der Waals surface area contributed by atoms with E-state index >= 15 is 0 Å². The lowest BCUT2D eigenvalue weighted by Crippen LogP contribution is -2.28. The minimum absolute atomic E-state index is 0.0337. The molecule has 0 saturated heterocycles. The maximum Gasteiger partial charge on any atom is 0.0714 e. The van der Waals surface area contributed by atoms with E-state index in [1.807, 2.05) is 11.3 Å². The van der Waals surface area contributed by atoms with Crippen LogP contribution in [0.1, 0.15) is 48.6 Å². The Bertz CT molecular complexity index is 3130. The molecule has 2 heteroatoms. The molecule has 0 amide bonds. The standard InChI is InChI=1S/C57H43NS/c1-56(2,3)42-30-34-46(35-31-42)58(45-32-28-39(29-33-45)41-27-26-38-16-10-11-17-40(38)36-41)51-37-50-53(55-54(51)48-23-13-15-25-52(48)59-55)47-22-12-14-24-49(47)57(50,43-18-6-4-7-19-43)44-20-8-5-9-21-44/h4-37H,1-3H3. The average molecular weight is 774 g/mol. The van der Waals surface area contributed by atoms with Gasteiger partial charge in [-0.05, 0) is 103 Å². The topological polar surface area (TPSA) is 3.24 Å². The molecule has 11 rings (SSSR count). The first-order valence-corrected chi connectivity index (χ1v) is 21.4. The first-order valence-electron chi connectivity index (χ1n) is 20.6. The molecule has 1 aromatic heterocycles. The fourth-order valence-corrected chi connectivity index (χ4v) is 11.0. The maximum atomic E-state index is 2.55.